The van der Waals surface area contributed by atoms with Gasteiger partial charge >= 0.3 is 0 Å². The Labute approximate surface area is 369 Å². The van der Waals surface area contributed by atoms with Gasteiger partial charge in [-0.1, -0.05) is 133 Å². The summed E-state index contributed by atoms with van der Waals surface area (Å²) in [6, 6.07) is 72.5. The van der Waals surface area contributed by atoms with Crippen LogP contribution < -0.4 is 4.90 Å². The standard InChI is InChI=1S/C60H41N3O/c1-2-39(13-12-36-61-54-20-7-3-14-46(54)47-15-4-8-21-55(47)61)40-24-29-43(30-25-40)62(44-31-26-41(27-32-44)42-28-34-50-49-17-6-10-23-58(49)64-59(50)37-42)45-33-35-57-53(38-45)52-19-11-18-51-48-16-5-9-22-56(48)63(57)60(51)52/h2-12,14-39H,1,13H2. The van der Waals surface area contributed by atoms with E-state index < -0.39 is 0 Å². The average Bonchev–Trinajstić information content (AvgIpc) is 4.09. The molecule has 4 nitrogen and oxygen atoms in total. The number of aromatic nitrogens is 2. The molecule has 0 aliphatic carbocycles. The van der Waals surface area contributed by atoms with Crippen LogP contribution in [-0.2, 0) is 0 Å². The van der Waals surface area contributed by atoms with E-state index in [0.717, 1.165) is 56.5 Å². The Kier molecular flexibility index (Phi) is 8.16. The van der Waals surface area contributed by atoms with Gasteiger partial charge in [-0.2, -0.15) is 0 Å². The molecule has 0 aliphatic rings. The van der Waals surface area contributed by atoms with E-state index in [2.05, 4.69) is 227 Å². The molecule has 0 saturated heterocycles. The zero-order valence-corrected chi connectivity index (χ0v) is 35.0. The molecule has 0 aliphatic heterocycles. The molecule has 0 saturated carbocycles. The second kappa shape index (κ2) is 14.4. The van der Waals surface area contributed by atoms with Crippen LogP contribution in [0.5, 0.6) is 0 Å². The van der Waals surface area contributed by atoms with E-state index in [1.165, 1.54) is 65.5 Å². The Morgan fingerprint density at radius 3 is 1.72 bits per heavy atom. The predicted octanol–water partition coefficient (Wildman–Crippen LogP) is 16.8. The second-order valence-corrected chi connectivity index (χ2v) is 16.9. The number of anilines is 3. The molecule has 13 rings (SSSR count). The zero-order chi connectivity index (χ0) is 42.3. The predicted molar refractivity (Wildman–Crippen MR) is 271 cm³/mol. The summed E-state index contributed by atoms with van der Waals surface area (Å²) in [6.45, 7) is 4.29. The molecule has 1 unspecified atom stereocenters. The number of furan rings is 1. The molecule has 0 amide bonds. The molecular formula is C60H41N3O. The highest BCUT2D eigenvalue weighted by Crippen LogP contribution is 2.43. The molecule has 0 spiro atoms. The maximum absolute atomic E-state index is 6.27. The first-order valence-corrected chi connectivity index (χ1v) is 22.1. The van der Waals surface area contributed by atoms with Crippen LogP contribution in [-0.4, -0.2) is 8.97 Å². The maximum Gasteiger partial charge on any atom is 0.136 e. The minimum absolute atomic E-state index is 0.153. The molecule has 1 atom stereocenters. The van der Waals surface area contributed by atoms with Gasteiger partial charge in [0.2, 0.25) is 0 Å². The lowest BCUT2D eigenvalue weighted by Gasteiger charge is -2.26. The van der Waals surface area contributed by atoms with Crippen molar-refractivity contribution in [1.82, 2.24) is 8.97 Å². The summed E-state index contributed by atoms with van der Waals surface area (Å²) in [7, 11) is 0. The normalized spacial score (nSPS) is 12.7. The topological polar surface area (TPSA) is 25.7 Å². The number of allylic oxidation sites excluding steroid dienone is 2. The highest BCUT2D eigenvalue weighted by atomic mass is 16.3. The van der Waals surface area contributed by atoms with E-state index in [1.807, 2.05) is 12.1 Å². The van der Waals surface area contributed by atoms with Crippen molar-refractivity contribution in [2.45, 2.75) is 12.3 Å². The molecule has 302 valence electrons. The lowest BCUT2D eigenvalue weighted by Crippen LogP contribution is -2.10. The first-order chi connectivity index (χ1) is 31.7. The second-order valence-electron chi connectivity index (χ2n) is 16.9. The number of hydrogen-bond donors (Lipinski definition) is 0. The van der Waals surface area contributed by atoms with Crippen LogP contribution in [0.2, 0.25) is 0 Å². The van der Waals surface area contributed by atoms with E-state index >= 15 is 0 Å². The number of para-hydroxylation sites is 5. The Morgan fingerprint density at radius 1 is 0.453 bits per heavy atom. The molecule has 0 bridgehead atoms. The van der Waals surface area contributed by atoms with Gasteiger partial charge in [-0.05, 0) is 102 Å². The van der Waals surface area contributed by atoms with E-state index in [-0.39, 0.29) is 5.92 Å². The van der Waals surface area contributed by atoms with Gasteiger partial charge in [-0.15, -0.1) is 6.58 Å². The van der Waals surface area contributed by atoms with Crippen molar-refractivity contribution in [3.05, 3.63) is 224 Å². The number of fused-ring (bicyclic) bond motifs is 12. The lowest BCUT2D eigenvalue weighted by atomic mass is 9.95. The number of hydrogen-bond acceptors (Lipinski definition) is 2. The van der Waals surface area contributed by atoms with Crippen LogP contribution in [0, 0.1) is 0 Å². The largest absolute Gasteiger partial charge is 0.456 e. The third-order valence-corrected chi connectivity index (χ3v) is 13.4. The summed E-state index contributed by atoms with van der Waals surface area (Å²) in [5, 5.41) is 9.89. The summed E-state index contributed by atoms with van der Waals surface area (Å²) in [4.78, 5) is 2.38. The van der Waals surface area contributed by atoms with Gasteiger partial charge in [-0.3, -0.25) is 0 Å². The van der Waals surface area contributed by atoms with Crippen LogP contribution >= 0.6 is 0 Å². The first kappa shape index (κ1) is 36.3. The molecular weight excluding hydrogens is 779 g/mol. The lowest BCUT2D eigenvalue weighted by molar-refractivity contribution is 0.669. The van der Waals surface area contributed by atoms with Gasteiger partial charge in [0.05, 0.1) is 27.6 Å². The van der Waals surface area contributed by atoms with Crippen LogP contribution in [0.25, 0.3) is 99.2 Å². The number of nitrogens with zero attached hydrogens (tertiary/aromatic N) is 3. The Morgan fingerprint density at radius 2 is 1.00 bits per heavy atom. The van der Waals surface area contributed by atoms with Gasteiger partial charge in [0, 0.05) is 72.3 Å². The van der Waals surface area contributed by atoms with E-state index in [0.29, 0.717) is 0 Å². The SMILES string of the molecule is C=CC(CC=Cn1c2ccccc2c2ccccc21)c1ccc(N(c2ccc(-c3ccc4c(c3)oc3ccccc34)cc2)c2ccc3c(c2)c2cccc4c5ccccc5n3c42)cc1. The number of rotatable bonds is 9. The molecule has 4 heteroatoms. The highest BCUT2D eigenvalue weighted by Gasteiger charge is 2.20. The van der Waals surface area contributed by atoms with Crippen LogP contribution in [0.15, 0.2) is 223 Å². The van der Waals surface area contributed by atoms with Crippen molar-refractivity contribution >= 4 is 105 Å². The Bertz CT molecular complexity index is 3900. The van der Waals surface area contributed by atoms with E-state index in [4.69, 9.17) is 4.42 Å². The Balaban J connectivity index is 0.880. The molecule has 9 aromatic carbocycles. The summed E-state index contributed by atoms with van der Waals surface area (Å²) < 4.78 is 11.0. The minimum atomic E-state index is 0.153. The van der Waals surface area contributed by atoms with Gasteiger partial charge in [0.15, 0.2) is 0 Å². The average molecular weight is 820 g/mol. The highest BCUT2D eigenvalue weighted by molar-refractivity contribution is 6.23. The van der Waals surface area contributed by atoms with Crippen molar-refractivity contribution in [2.24, 2.45) is 0 Å². The van der Waals surface area contributed by atoms with E-state index in [1.54, 1.807) is 0 Å². The molecule has 0 N–H and O–H groups in total. The van der Waals surface area contributed by atoms with Crippen molar-refractivity contribution in [1.29, 1.82) is 0 Å². The molecule has 4 heterocycles. The fourth-order valence-corrected chi connectivity index (χ4v) is 10.4. The van der Waals surface area contributed by atoms with Crippen molar-refractivity contribution < 1.29 is 4.42 Å². The molecule has 4 aromatic heterocycles. The number of benzene rings is 9. The van der Waals surface area contributed by atoms with Gasteiger partial charge < -0.3 is 18.3 Å². The maximum atomic E-state index is 6.27. The summed E-state index contributed by atoms with van der Waals surface area (Å²) in [5.41, 5.74) is 14.7. The molecule has 0 radical (unpaired) electrons. The minimum Gasteiger partial charge on any atom is -0.456 e. The van der Waals surface area contributed by atoms with Crippen molar-refractivity contribution in [3.63, 3.8) is 0 Å². The van der Waals surface area contributed by atoms with Gasteiger partial charge in [-0.25, -0.2) is 0 Å². The van der Waals surface area contributed by atoms with Crippen LogP contribution in [0.1, 0.15) is 17.9 Å². The monoisotopic (exact) mass is 819 g/mol. The van der Waals surface area contributed by atoms with E-state index in [9.17, 15) is 0 Å². The fraction of sp³-hybridized carbons (Fsp3) is 0.0333. The fourth-order valence-electron chi connectivity index (χ4n) is 10.4. The summed E-state index contributed by atoms with van der Waals surface area (Å²) in [5.74, 6) is 0.153. The summed E-state index contributed by atoms with van der Waals surface area (Å²) >= 11 is 0. The molecule has 0 fully saturated rings. The van der Waals surface area contributed by atoms with Gasteiger partial charge in [0.1, 0.15) is 11.2 Å². The van der Waals surface area contributed by atoms with Crippen LogP contribution in [0.4, 0.5) is 17.1 Å². The molecule has 13 aromatic rings. The summed E-state index contributed by atoms with van der Waals surface area (Å²) in [6.07, 6.45) is 7.41. The quantitative estimate of drug-likeness (QED) is 0.136. The zero-order valence-electron chi connectivity index (χ0n) is 35.0. The van der Waals surface area contributed by atoms with Crippen molar-refractivity contribution in [2.75, 3.05) is 4.90 Å². The first-order valence-electron chi connectivity index (χ1n) is 22.1. The van der Waals surface area contributed by atoms with Crippen LogP contribution in [0.3, 0.4) is 0 Å². The Hall–Kier alpha value is -8.34. The third-order valence-electron chi connectivity index (χ3n) is 13.4. The van der Waals surface area contributed by atoms with Crippen molar-refractivity contribution in [3.8, 4) is 11.1 Å². The molecule has 64 heavy (non-hydrogen) atoms. The smallest absolute Gasteiger partial charge is 0.136 e. The third kappa shape index (κ3) is 5.56. The van der Waals surface area contributed by atoms with Gasteiger partial charge in [0.25, 0.3) is 0 Å².